The molecule has 3 aromatic rings. The Kier molecular flexibility index (Phi) is 4.42. The van der Waals surface area contributed by atoms with Crippen LogP contribution in [0.5, 0.6) is 0 Å². The third-order valence-electron chi connectivity index (χ3n) is 3.01. The molecule has 1 aromatic carbocycles. The smallest absolute Gasteiger partial charge is 0.190 e. The Balaban J connectivity index is 2.36. The molecule has 0 fully saturated rings. The molecule has 108 valence electrons. The van der Waals surface area contributed by atoms with Crippen LogP contribution in [0.1, 0.15) is 0 Å². The highest BCUT2D eigenvalue weighted by molar-refractivity contribution is 7.99. The van der Waals surface area contributed by atoms with Crippen LogP contribution < -0.4 is 0 Å². The zero-order valence-corrected chi connectivity index (χ0v) is 14.3. The number of rotatable bonds is 4. The first kappa shape index (κ1) is 14.7. The van der Waals surface area contributed by atoms with Crippen LogP contribution in [0.25, 0.3) is 16.7 Å². The Hall–Kier alpha value is -1.18. The van der Waals surface area contributed by atoms with E-state index >= 15 is 0 Å². The lowest BCUT2D eigenvalue weighted by Crippen LogP contribution is -1.99. The Morgan fingerprint density at radius 3 is 2.19 bits per heavy atom. The van der Waals surface area contributed by atoms with Gasteiger partial charge in [-0.25, -0.2) is 14.6 Å². The Labute approximate surface area is 136 Å². The van der Waals surface area contributed by atoms with Crippen LogP contribution >= 0.6 is 35.3 Å². The molecule has 0 saturated heterocycles. The monoisotopic (exact) mass is 334 g/mol. The van der Waals surface area contributed by atoms with Gasteiger partial charge in [-0.3, -0.25) is 0 Å². The molecule has 0 N–H and O–H groups in total. The van der Waals surface area contributed by atoms with Crippen molar-refractivity contribution in [2.45, 2.75) is 15.2 Å². The van der Waals surface area contributed by atoms with Crippen molar-refractivity contribution in [1.29, 1.82) is 0 Å². The zero-order chi connectivity index (χ0) is 14.8. The number of benzene rings is 1. The topological polar surface area (TPSA) is 43.6 Å². The average molecular weight is 334 g/mol. The number of hydrogen-bond acceptors (Lipinski definition) is 6. The minimum absolute atomic E-state index is 0.775. The predicted octanol–water partition coefficient (Wildman–Crippen LogP) is 3.98. The fourth-order valence-electron chi connectivity index (χ4n) is 2.07. The van der Waals surface area contributed by atoms with Gasteiger partial charge in [0.2, 0.25) is 0 Å². The molecule has 0 unspecified atom stereocenters. The van der Waals surface area contributed by atoms with E-state index in [2.05, 4.69) is 9.97 Å². The summed E-state index contributed by atoms with van der Waals surface area (Å²) in [4.78, 5) is 9.27. The molecule has 0 spiro atoms. The van der Waals surface area contributed by atoms with Gasteiger partial charge in [-0.2, -0.15) is 5.10 Å². The zero-order valence-electron chi connectivity index (χ0n) is 11.9. The van der Waals surface area contributed by atoms with E-state index in [-0.39, 0.29) is 0 Å². The SMILES string of the molecule is CSc1nc(SC)c2c(SC)nn(-c3ccccc3)c2n1. The lowest BCUT2D eigenvalue weighted by molar-refractivity contribution is 0.840. The number of para-hydroxylation sites is 1. The molecule has 0 aliphatic heterocycles. The number of aromatic nitrogens is 4. The van der Waals surface area contributed by atoms with E-state index in [1.54, 1.807) is 35.3 Å². The van der Waals surface area contributed by atoms with Gasteiger partial charge in [0.1, 0.15) is 10.1 Å². The maximum atomic E-state index is 4.72. The fourth-order valence-corrected chi connectivity index (χ4v) is 3.68. The van der Waals surface area contributed by atoms with Gasteiger partial charge in [-0.1, -0.05) is 30.0 Å². The Morgan fingerprint density at radius 2 is 1.57 bits per heavy atom. The molecule has 3 rings (SSSR count). The van der Waals surface area contributed by atoms with E-state index in [0.717, 1.165) is 31.9 Å². The van der Waals surface area contributed by atoms with Crippen LogP contribution in [-0.4, -0.2) is 38.5 Å². The molecule has 0 saturated carbocycles. The lowest BCUT2D eigenvalue weighted by atomic mass is 10.3. The highest BCUT2D eigenvalue weighted by Crippen LogP contribution is 2.33. The summed E-state index contributed by atoms with van der Waals surface area (Å²) in [6.07, 6.45) is 6.06. The quantitative estimate of drug-likeness (QED) is 0.408. The highest BCUT2D eigenvalue weighted by Gasteiger charge is 2.18. The summed E-state index contributed by atoms with van der Waals surface area (Å²) >= 11 is 4.81. The van der Waals surface area contributed by atoms with Gasteiger partial charge in [0.15, 0.2) is 10.8 Å². The van der Waals surface area contributed by atoms with E-state index in [1.807, 2.05) is 53.8 Å². The van der Waals surface area contributed by atoms with Crippen LogP contribution in [0.2, 0.25) is 0 Å². The van der Waals surface area contributed by atoms with Crippen molar-refractivity contribution in [3.63, 3.8) is 0 Å². The number of thioether (sulfide) groups is 3. The summed E-state index contributed by atoms with van der Waals surface area (Å²) in [5.41, 5.74) is 1.88. The van der Waals surface area contributed by atoms with Crippen molar-refractivity contribution >= 4 is 46.3 Å². The lowest BCUT2D eigenvalue weighted by Gasteiger charge is -2.04. The molecule has 4 nitrogen and oxygen atoms in total. The van der Waals surface area contributed by atoms with Crippen molar-refractivity contribution in [2.75, 3.05) is 18.8 Å². The fraction of sp³-hybridized carbons (Fsp3) is 0.214. The molecule has 0 atom stereocenters. The van der Waals surface area contributed by atoms with Gasteiger partial charge >= 0.3 is 0 Å². The summed E-state index contributed by atoms with van der Waals surface area (Å²) in [5.74, 6) is 0. The first-order chi connectivity index (χ1) is 10.3. The maximum Gasteiger partial charge on any atom is 0.190 e. The summed E-state index contributed by atoms with van der Waals surface area (Å²) < 4.78 is 1.91. The van der Waals surface area contributed by atoms with E-state index in [4.69, 9.17) is 5.10 Å². The van der Waals surface area contributed by atoms with Crippen LogP contribution in [0.4, 0.5) is 0 Å². The maximum absolute atomic E-state index is 4.72. The van der Waals surface area contributed by atoms with Crippen LogP contribution in [-0.2, 0) is 0 Å². The summed E-state index contributed by atoms with van der Waals surface area (Å²) in [7, 11) is 0. The van der Waals surface area contributed by atoms with Gasteiger partial charge < -0.3 is 0 Å². The molecular formula is C14H14N4S3. The normalized spacial score (nSPS) is 11.2. The number of fused-ring (bicyclic) bond motifs is 1. The van der Waals surface area contributed by atoms with E-state index in [1.165, 1.54) is 0 Å². The Bertz CT molecular complexity index is 771. The molecule has 0 radical (unpaired) electrons. The van der Waals surface area contributed by atoms with Gasteiger partial charge in [0, 0.05) is 0 Å². The van der Waals surface area contributed by atoms with Crippen LogP contribution in [0.15, 0.2) is 45.5 Å². The van der Waals surface area contributed by atoms with Gasteiger partial charge in [-0.15, -0.1) is 23.5 Å². The standard InChI is InChI=1S/C14H14N4S3/c1-19-12-10-11(15-14(16-12)21-3)18(17-13(10)20-2)9-7-5-4-6-8-9/h4-8H,1-3H3. The van der Waals surface area contributed by atoms with Gasteiger partial charge in [0.25, 0.3) is 0 Å². The van der Waals surface area contributed by atoms with Gasteiger partial charge in [0.05, 0.1) is 11.1 Å². The average Bonchev–Trinajstić information content (AvgIpc) is 2.93. The molecular weight excluding hydrogens is 320 g/mol. The minimum Gasteiger partial charge on any atom is -0.215 e. The highest BCUT2D eigenvalue weighted by atomic mass is 32.2. The second-order valence-corrected chi connectivity index (χ2v) is 6.54. The second kappa shape index (κ2) is 6.29. The molecule has 2 aromatic heterocycles. The van der Waals surface area contributed by atoms with E-state index < -0.39 is 0 Å². The molecule has 7 heteroatoms. The second-order valence-electron chi connectivity index (χ2n) is 4.17. The minimum atomic E-state index is 0.775. The molecule has 21 heavy (non-hydrogen) atoms. The molecule has 0 bridgehead atoms. The van der Waals surface area contributed by atoms with Crippen molar-refractivity contribution in [1.82, 2.24) is 19.7 Å². The number of nitrogens with zero attached hydrogens (tertiary/aromatic N) is 4. The summed E-state index contributed by atoms with van der Waals surface area (Å²) in [5, 5.41) is 8.48. The Morgan fingerprint density at radius 1 is 0.857 bits per heavy atom. The summed E-state index contributed by atoms with van der Waals surface area (Å²) in [6, 6.07) is 10.1. The van der Waals surface area contributed by atoms with Gasteiger partial charge in [-0.05, 0) is 30.9 Å². The molecule has 0 amide bonds. The largest absolute Gasteiger partial charge is 0.215 e. The molecule has 2 heterocycles. The predicted molar refractivity (Wildman–Crippen MR) is 92.0 cm³/mol. The molecule has 0 aliphatic rings. The van der Waals surface area contributed by atoms with Crippen molar-refractivity contribution in [2.24, 2.45) is 0 Å². The third kappa shape index (κ3) is 2.65. The van der Waals surface area contributed by atoms with E-state index in [9.17, 15) is 0 Å². The van der Waals surface area contributed by atoms with Crippen LogP contribution in [0.3, 0.4) is 0 Å². The first-order valence-corrected chi connectivity index (χ1v) is 9.94. The number of hydrogen-bond donors (Lipinski definition) is 0. The van der Waals surface area contributed by atoms with Crippen molar-refractivity contribution < 1.29 is 0 Å². The first-order valence-electron chi connectivity index (χ1n) is 6.26. The van der Waals surface area contributed by atoms with Crippen molar-refractivity contribution in [3.8, 4) is 5.69 Å². The van der Waals surface area contributed by atoms with Crippen LogP contribution in [0, 0.1) is 0 Å². The van der Waals surface area contributed by atoms with E-state index in [0.29, 0.717) is 0 Å². The third-order valence-corrected chi connectivity index (χ3v) is 4.91. The molecule has 0 aliphatic carbocycles. The van der Waals surface area contributed by atoms with Crippen molar-refractivity contribution in [3.05, 3.63) is 30.3 Å². The summed E-state index contributed by atoms with van der Waals surface area (Å²) in [6.45, 7) is 0.